The molecular weight excluding hydrogens is 394 g/mol. The van der Waals surface area contributed by atoms with Gasteiger partial charge in [0.05, 0.1) is 23.7 Å². The number of aromatic nitrogens is 3. The quantitative estimate of drug-likeness (QED) is 0.661. The Hall–Kier alpha value is -3.26. The van der Waals surface area contributed by atoms with Crippen molar-refractivity contribution in [3.05, 3.63) is 47.2 Å². The first-order chi connectivity index (χ1) is 14.9. The first-order valence-electron chi connectivity index (χ1n) is 10.4. The fraction of sp³-hybridized carbons (Fsp3) is 0.391. The van der Waals surface area contributed by atoms with Gasteiger partial charge in [0.15, 0.2) is 5.82 Å². The van der Waals surface area contributed by atoms with Gasteiger partial charge in [-0.3, -0.25) is 9.59 Å². The van der Waals surface area contributed by atoms with Crippen molar-refractivity contribution in [1.29, 1.82) is 0 Å². The van der Waals surface area contributed by atoms with Gasteiger partial charge in [0.2, 0.25) is 11.8 Å². The van der Waals surface area contributed by atoms with Gasteiger partial charge in [0.1, 0.15) is 5.82 Å². The zero-order valence-electron chi connectivity index (χ0n) is 18.3. The summed E-state index contributed by atoms with van der Waals surface area (Å²) in [6.45, 7) is 7.29. The molecule has 1 aliphatic heterocycles. The third kappa shape index (κ3) is 4.16. The SMILES string of the molecule is COCCN1CC(C(=O)Nc2cc(C)nn2-c2cc(C)c3cccc(C)c3n2)CC1=O. The Balaban J connectivity index is 1.60. The number of pyridine rings is 1. The third-order valence-corrected chi connectivity index (χ3v) is 5.68. The first-order valence-corrected chi connectivity index (χ1v) is 10.4. The van der Waals surface area contributed by atoms with Gasteiger partial charge in [0.25, 0.3) is 0 Å². The molecule has 1 atom stereocenters. The number of rotatable bonds is 6. The van der Waals surface area contributed by atoms with Crippen LogP contribution in [0.2, 0.25) is 0 Å². The normalized spacial score (nSPS) is 16.3. The lowest BCUT2D eigenvalue weighted by Gasteiger charge is -2.16. The summed E-state index contributed by atoms with van der Waals surface area (Å²) in [7, 11) is 1.60. The number of hydrogen-bond donors (Lipinski definition) is 1. The molecule has 2 aromatic heterocycles. The molecule has 8 nitrogen and oxygen atoms in total. The second kappa shape index (κ2) is 8.47. The van der Waals surface area contributed by atoms with Gasteiger partial charge in [-0.15, -0.1) is 0 Å². The molecule has 3 aromatic rings. The summed E-state index contributed by atoms with van der Waals surface area (Å²) < 4.78 is 6.70. The highest BCUT2D eigenvalue weighted by Gasteiger charge is 2.34. The number of likely N-dealkylation sites (tertiary alicyclic amines) is 1. The van der Waals surface area contributed by atoms with Crippen molar-refractivity contribution in [3.63, 3.8) is 0 Å². The average molecular weight is 422 g/mol. The molecular formula is C23H27N5O3. The molecule has 0 spiro atoms. The zero-order valence-corrected chi connectivity index (χ0v) is 18.3. The van der Waals surface area contributed by atoms with Crippen molar-refractivity contribution in [1.82, 2.24) is 19.7 Å². The van der Waals surface area contributed by atoms with Crippen molar-refractivity contribution in [3.8, 4) is 5.82 Å². The fourth-order valence-corrected chi connectivity index (χ4v) is 4.01. The van der Waals surface area contributed by atoms with Crippen LogP contribution in [0.4, 0.5) is 5.82 Å². The van der Waals surface area contributed by atoms with E-state index in [4.69, 9.17) is 9.72 Å². The predicted molar refractivity (Wildman–Crippen MR) is 118 cm³/mol. The van der Waals surface area contributed by atoms with Crippen molar-refractivity contribution in [2.75, 3.05) is 32.1 Å². The van der Waals surface area contributed by atoms with E-state index in [1.807, 2.05) is 45.0 Å². The van der Waals surface area contributed by atoms with E-state index < -0.39 is 5.92 Å². The van der Waals surface area contributed by atoms with Crippen LogP contribution in [0.25, 0.3) is 16.7 Å². The Morgan fingerprint density at radius 3 is 2.81 bits per heavy atom. The Morgan fingerprint density at radius 1 is 1.23 bits per heavy atom. The van der Waals surface area contributed by atoms with Crippen molar-refractivity contribution in [2.45, 2.75) is 27.2 Å². The molecule has 3 heterocycles. The van der Waals surface area contributed by atoms with E-state index in [2.05, 4.69) is 16.5 Å². The second-order valence-corrected chi connectivity index (χ2v) is 8.07. The molecule has 0 aliphatic carbocycles. The largest absolute Gasteiger partial charge is 0.383 e. The van der Waals surface area contributed by atoms with Gasteiger partial charge in [-0.05, 0) is 38.0 Å². The first kappa shape index (κ1) is 21.0. The average Bonchev–Trinajstić information content (AvgIpc) is 3.29. The minimum atomic E-state index is -0.401. The molecule has 0 saturated carbocycles. The Bertz CT molecular complexity index is 1150. The maximum Gasteiger partial charge on any atom is 0.230 e. The number of nitrogens with zero attached hydrogens (tertiary/aromatic N) is 4. The van der Waals surface area contributed by atoms with Crippen LogP contribution in [-0.2, 0) is 14.3 Å². The molecule has 0 radical (unpaired) electrons. The summed E-state index contributed by atoms with van der Waals surface area (Å²) in [5.41, 5.74) is 3.85. The Kier molecular flexibility index (Phi) is 5.73. The number of ether oxygens (including phenoxy) is 1. The monoisotopic (exact) mass is 421 g/mol. The topological polar surface area (TPSA) is 89.3 Å². The molecule has 1 unspecified atom stereocenters. The third-order valence-electron chi connectivity index (χ3n) is 5.68. The predicted octanol–water partition coefficient (Wildman–Crippen LogP) is 2.78. The highest BCUT2D eigenvalue weighted by atomic mass is 16.5. The molecule has 1 N–H and O–H groups in total. The molecule has 4 rings (SSSR count). The number of para-hydroxylation sites is 1. The summed E-state index contributed by atoms with van der Waals surface area (Å²) in [5, 5.41) is 8.61. The lowest BCUT2D eigenvalue weighted by Crippen LogP contribution is -2.31. The van der Waals surface area contributed by atoms with Gasteiger partial charge in [-0.25, -0.2) is 4.98 Å². The number of hydrogen-bond acceptors (Lipinski definition) is 5. The maximum absolute atomic E-state index is 12.9. The minimum absolute atomic E-state index is 0.0239. The minimum Gasteiger partial charge on any atom is -0.383 e. The second-order valence-electron chi connectivity index (χ2n) is 8.07. The number of benzene rings is 1. The number of aryl methyl sites for hydroxylation is 3. The smallest absolute Gasteiger partial charge is 0.230 e. The number of carbonyl (C=O) groups is 2. The molecule has 1 aromatic carbocycles. The molecule has 0 bridgehead atoms. The molecule has 1 aliphatic rings. The molecule has 8 heteroatoms. The van der Waals surface area contributed by atoms with Crippen LogP contribution >= 0.6 is 0 Å². The van der Waals surface area contributed by atoms with Crippen LogP contribution in [0.15, 0.2) is 30.3 Å². The van der Waals surface area contributed by atoms with E-state index in [1.54, 1.807) is 16.7 Å². The number of amides is 2. The number of nitrogens with one attached hydrogen (secondary N) is 1. The van der Waals surface area contributed by atoms with E-state index in [9.17, 15) is 9.59 Å². The van der Waals surface area contributed by atoms with Crippen molar-refractivity contribution >= 4 is 28.5 Å². The van der Waals surface area contributed by atoms with Crippen molar-refractivity contribution < 1.29 is 14.3 Å². The Labute approximate surface area is 181 Å². The summed E-state index contributed by atoms with van der Waals surface area (Å²) in [6, 6.07) is 9.89. The van der Waals surface area contributed by atoms with Crippen molar-refractivity contribution in [2.24, 2.45) is 5.92 Å². The van der Waals surface area contributed by atoms with Gasteiger partial charge < -0.3 is 15.0 Å². The van der Waals surface area contributed by atoms with Crippen LogP contribution < -0.4 is 5.32 Å². The Morgan fingerprint density at radius 2 is 2.03 bits per heavy atom. The van der Waals surface area contributed by atoms with Crippen LogP contribution in [0.5, 0.6) is 0 Å². The van der Waals surface area contributed by atoms with Gasteiger partial charge in [-0.1, -0.05) is 18.2 Å². The van der Waals surface area contributed by atoms with Crippen LogP contribution in [0.1, 0.15) is 23.2 Å². The highest BCUT2D eigenvalue weighted by molar-refractivity contribution is 5.97. The standard InChI is InChI=1S/C23H27N5O3/c1-14-6-5-7-18-15(2)10-19(24-22(14)18)28-20(11-16(3)26-28)25-23(30)17-12-21(29)27(13-17)8-9-31-4/h5-7,10-11,17H,8-9,12-13H2,1-4H3,(H,25,30). The number of anilines is 1. The summed E-state index contributed by atoms with van der Waals surface area (Å²) in [6.07, 6.45) is 0.204. The van der Waals surface area contributed by atoms with Crippen LogP contribution in [0.3, 0.4) is 0 Å². The number of fused-ring (bicyclic) bond motifs is 1. The number of methoxy groups -OCH3 is 1. The molecule has 162 valence electrons. The van der Waals surface area contributed by atoms with E-state index >= 15 is 0 Å². The van der Waals surface area contributed by atoms with Gasteiger partial charge in [0, 0.05) is 38.1 Å². The van der Waals surface area contributed by atoms with E-state index in [-0.39, 0.29) is 18.2 Å². The maximum atomic E-state index is 12.9. The molecule has 1 saturated heterocycles. The van der Waals surface area contributed by atoms with Gasteiger partial charge >= 0.3 is 0 Å². The van der Waals surface area contributed by atoms with Crippen LogP contribution in [-0.4, -0.2) is 58.3 Å². The summed E-state index contributed by atoms with van der Waals surface area (Å²) in [5.74, 6) is 0.575. The highest BCUT2D eigenvalue weighted by Crippen LogP contribution is 2.25. The fourth-order valence-electron chi connectivity index (χ4n) is 4.01. The lowest BCUT2D eigenvalue weighted by atomic mass is 10.1. The van der Waals surface area contributed by atoms with E-state index in [0.29, 0.717) is 31.3 Å². The molecule has 31 heavy (non-hydrogen) atoms. The summed E-state index contributed by atoms with van der Waals surface area (Å²) in [4.78, 5) is 31.6. The van der Waals surface area contributed by atoms with Gasteiger partial charge in [-0.2, -0.15) is 9.78 Å². The van der Waals surface area contributed by atoms with E-state index in [1.165, 1.54) is 0 Å². The van der Waals surface area contributed by atoms with Crippen LogP contribution in [0, 0.1) is 26.7 Å². The van der Waals surface area contributed by atoms with E-state index in [0.717, 1.165) is 27.7 Å². The molecule has 1 fully saturated rings. The lowest BCUT2D eigenvalue weighted by molar-refractivity contribution is -0.128. The zero-order chi connectivity index (χ0) is 22.1. The molecule has 2 amide bonds. The number of carbonyl (C=O) groups excluding carboxylic acids is 2. The summed E-state index contributed by atoms with van der Waals surface area (Å²) >= 11 is 0.